The lowest BCUT2D eigenvalue weighted by atomic mass is 9.93. The molecule has 1 aliphatic rings. The Morgan fingerprint density at radius 3 is 2.65 bits per heavy atom. The van der Waals surface area contributed by atoms with Gasteiger partial charge in [-0.1, -0.05) is 6.92 Å². The molecule has 4 heteroatoms. The van der Waals surface area contributed by atoms with E-state index in [-0.39, 0.29) is 23.8 Å². The monoisotopic (exact) mass is 277 g/mol. The van der Waals surface area contributed by atoms with E-state index in [1.165, 1.54) is 0 Å². The molecule has 1 saturated heterocycles. The van der Waals surface area contributed by atoms with Gasteiger partial charge in [-0.2, -0.15) is 0 Å². The molecule has 1 aromatic rings. The Morgan fingerprint density at radius 2 is 2.05 bits per heavy atom. The van der Waals surface area contributed by atoms with Gasteiger partial charge in [0.2, 0.25) is 0 Å². The van der Waals surface area contributed by atoms with E-state index in [1.807, 2.05) is 45.0 Å². The maximum atomic E-state index is 12.5. The maximum Gasteiger partial charge on any atom is 0.169 e. The standard InChI is InChI=1S/C16H23NO3/c1-4-17-15-10-19-9-14(15)16(18)12-5-7-13(8-6-12)20-11(2)3/h5-8,11,14-15,17H,4,9-10H2,1-3H3. The van der Waals surface area contributed by atoms with Crippen LogP contribution in [0.3, 0.4) is 0 Å². The quantitative estimate of drug-likeness (QED) is 0.810. The third-order valence-corrected chi connectivity index (χ3v) is 3.39. The number of carbonyl (C=O) groups is 1. The molecule has 2 unspecified atom stereocenters. The van der Waals surface area contributed by atoms with Gasteiger partial charge in [0, 0.05) is 11.6 Å². The van der Waals surface area contributed by atoms with Gasteiger partial charge in [0.15, 0.2) is 5.78 Å². The van der Waals surface area contributed by atoms with Crippen LogP contribution >= 0.6 is 0 Å². The molecule has 0 amide bonds. The van der Waals surface area contributed by atoms with E-state index in [9.17, 15) is 4.79 Å². The molecular weight excluding hydrogens is 254 g/mol. The summed E-state index contributed by atoms with van der Waals surface area (Å²) < 4.78 is 11.0. The molecule has 0 aromatic heterocycles. The van der Waals surface area contributed by atoms with Gasteiger partial charge in [0.1, 0.15) is 5.75 Å². The predicted octanol–water partition coefficient (Wildman–Crippen LogP) is 2.28. The zero-order chi connectivity index (χ0) is 14.5. The number of Topliss-reactive ketones (excluding diaryl/α,β-unsaturated/α-hetero) is 1. The van der Waals surface area contributed by atoms with Crippen LogP contribution in [0.25, 0.3) is 0 Å². The molecule has 110 valence electrons. The summed E-state index contributed by atoms with van der Waals surface area (Å²) in [5.74, 6) is 0.846. The topological polar surface area (TPSA) is 47.6 Å². The first-order chi connectivity index (χ1) is 9.61. The first-order valence-corrected chi connectivity index (χ1v) is 7.24. The van der Waals surface area contributed by atoms with E-state index < -0.39 is 0 Å². The highest BCUT2D eigenvalue weighted by atomic mass is 16.5. The summed E-state index contributed by atoms with van der Waals surface area (Å²) in [7, 11) is 0. The molecule has 0 saturated carbocycles. The lowest BCUT2D eigenvalue weighted by molar-refractivity contribution is 0.0891. The van der Waals surface area contributed by atoms with E-state index in [4.69, 9.17) is 9.47 Å². The Labute approximate surface area is 120 Å². The van der Waals surface area contributed by atoms with Crippen molar-refractivity contribution < 1.29 is 14.3 Å². The minimum Gasteiger partial charge on any atom is -0.491 e. The molecule has 1 heterocycles. The first kappa shape index (κ1) is 15.0. The normalized spacial score (nSPS) is 22.2. The van der Waals surface area contributed by atoms with Crippen LogP contribution in [0.5, 0.6) is 5.75 Å². The third kappa shape index (κ3) is 3.58. The van der Waals surface area contributed by atoms with E-state index in [0.717, 1.165) is 17.9 Å². The Bertz CT molecular complexity index is 442. The molecule has 1 aromatic carbocycles. The first-order valence-electron chi connectivity index (χ1n) is 7.24. The third-order valence-electron chi connectivity index (χ3n) is 3.39. The van der Waals surface area contributed by atoms with Crippen molar-refractivity contribution in [3.8, 4) is 5.75 Å². The molecule has 2 rings (SSSR count). The molecule has 2 atom stereocenters. The van der Waals surface area contributed by atoms with Crippen molar-refractivity contribution in [2.45, 2.75) is 32.9 Å². The smallest absolute Gasteiger partial charge is 0.169 e. The van der Waals surface area contributed by atoms with E-state index in [1.54, 1.807) is 0 Å². The molecular formula is C16H23NO3. The summed E-state index contributed by atoms with van der Waals surface area (Å²) in [5, 5.41) is 3.31. The largest absolute Gasteiger partial charge is 0.491 e. The van der Waals surface area contributed by atoms with Gasteiger partial charge in [-0.25, -0.2) is 0 Å². The molecule has 0 aliphatic carbocycles. The van der Waals surface area contributed by atoms with Crippen molar-refractivity contribution in [1.82, 2.24) is 5.32 Å². The number of likely N-dealkylation sites (N-methyl/N-ethyl adjacent to an activating group) is 1. The number of ether oxygens (including phenoxy) is 2. The fourth-order valence-corrected chi connectivity index (χ4v) is 2.46. The highest BCUT2D eigenvalue weighted by Gasteiger charge is 2.33. The van der Waals surface area contributed by atoms with Crippen molar-refractivity contribution in [3.63, 3.8) is 0 Å². The average Bonchev–Trinajstić information content (AvgIpc) is 2.87. The van der Waals surface area contributed by atoms with Crippen LogP contribution in [0.2, 0.25) is 0 Å². The van der Waals surface area contributed by atoms with Gasteiger partial charge in [-0.15, -0.1) is 0 Å². The Hall–Kier alpha value is -1.39. The number of benzene rings is 1. The molecule has 1 N–H and O–H groups in total. The van der Waals surface area contributed by atoms with Gasteiger partial charge < -0.3 is 14.8 Å². The molecule has 1 fully saturated rings. The summed E-state index contributed by atoms with van der Waals surface area (Å²) in [6.45, 7) is 7.96. The van der Waals surface area contributed by atoms with Crippen LogP contribution < -0.4 is 10.1 Å². The summed E-state index contributed by atoms with van der Waals surface area (Å²) in [6, 6.07) is 7.50. The number of hydrogen-bond donors (Lipinski definition) is 1. The van der Waals surface area contributed by atoms with E-state index in [0.29, 0.717) is 13.2 Å². The lowest BCUT2D eigenvalue weighted by Crippen LogP contribution is -2.39. The van der Waals surface area contributed by atoms with Gasteiger partial charge in [-0.3, -0.25) is 4.79 Å². The summed E-state index contributed by atoms with van der Waals surface area (Å²) in [4.78, 5) is 12.5. The van der Waals surface area contributed by atoms with Crippen LogP contribution in [0, 0.1) is 5.92 Å². The minimum absolute atomic E-state index is 0.0909. The van der Waals surface area contributed by atoms with E-state index >= 15 is 0 Å². The predicted molar refractivity (Wildman–Crippen MR) is 78.3 cm³/mol. The fraction of sp³-hybridized carbons (Fsp3) is 0.562. The van der Waals surface area contributed by atoms with E-state index in [2.05, 4.69) is 5.32 Å². The van der Waals surface area contributed by atoms with Gasteiger partial charge in [0.05, 0.1) is 25.2 Å². The number of nitrogens with one attached hydrogen (secondary N) is 1. The molecule has 0 spiro atoms. The zero-order valence-electron chi connectivity index (χ0n) is 12.4. The maximum absolute atomic E-state index is 12.5. The van der Waals surface area contributed by atoms with Gasteiger partial charge in [-0.05, 0) is 44.7 Å². The second kappa shape index (κ2) is 6.86. The number of hydrogen-bond acceptors (Lipinski definition) is 4. The number of carbonyl (C=O) groups excluding carboxylic acids is 1. The highest BCUT2D eigenvalue weighted by Crippen LogP contribution is 2.21. The zero-order valence-corrected chi connectivity index (χ0v) is 12.4. The van der Waals surface area contributed by atoms with Crippen LogP contribution in [-0.4, -0.2) is 37.7 Å². The van der Waals surface area contributed by atoms with Crippen molar-refractivity contribution >= 4 is 5.78 Å². The fourth-order valence-electron chi connectivity index (χ4n) is 2.46. The average molecular weight is 277 g/mol. The molecule has 4 nitrogen and oxygen atoms in total. The van der Waals surface area contributed by atoms with Crippen LogP contribution in [-0.2, 0) is 4.74 Å². The van der Waals surface area contributed by atoms with Crippen molar-refractivity contribution in [2.24, 2.45) is 5.92 Å². The second-order valence-electron chi connectivity index (χ2n) is 5.36. The van der Waals surface area contributed by atoms with Crippen molar-refractivity contribution in [1.29, 1.82) is 0 Å². The second-order valence-corrected chi connectivity index (χ2v) is 5.36. The minimum atomic E-state index is -0.0909. The SMILES string of the molecule is CCNC1COCC1C(=O)c1ccc(OC(C)C)cc1. The van der Waals surface area contributed by atoms with Crippen LogP contribution in [0.4, 0.5) is 0 Å². The number of ketones is 1. The number of rotatable bonds is 6. The highest BCUT2D eigenvalue weighted by molar-refractivity contribution is 5.98. The summed E-state index contributed by atoms with van der Waals surface area (Å²) in [6.07, 6.45) is 0.137. The Kier molecular flexibility index (Phi) is 5.15. The molecule has 1 aliphatic heterocycles. The Balaban J connectivity index is 2.05. The van der Waals surface area contributed by atoms with Crippen LogP contribution in [0.1, 0.15) is 31.1 Å². The van der Waals surface area contributed by atoms with Crippen LogP contribution in [0.15, 0.2) is 24.3 Å². The summed E-state index contributed by atoms with van der Waals surface area (Å²) in [5.41, 5.74) is 0.722. The van der Waals surface area contributed by atoms with Crippen molar-refractivity contribution in [3.05, 3.63) is 29.8 Å². The molecule has 0 bridgehead atoms. The van der Waals surface area contributed by atoms with Gasteiger partial charge >= 0.3 is 0 Å². The summed E-state index contributed by atoms with van der Waals surface area (Å²) >= 11 is 0. The molecule has 0 radical (unpaired) electrons. The molecule has 20 heavy (non-hydrogen) atoms. The Morgan fingerprint density at radius 1 is 1.35 bits per heavy atom. The lowest BCUT2D eigenvalue weighted by Gasteiger charge is -2.17. The van der Waals surface area contributed by atoms with Crippen molar-refractivity contribution in [2.75, 3.05) is 19.8 Å². The van der Waals surface area contributed by atoms with Gasteiger partial charge in [0.25, 0.3) is 0 Å².